The summed E-state index contributed by atoms with van der Waals surface area (Å²) in [5.74, 6) is -0.503. The molecule has 0 fully saturated rings. The second-order valence-electron chi connectivity index (χ2n) is 4.75. The maximum atomic E-state index is 12.2. The van der Waals surface area contributed by atoms with Gasteiger partial charge in [0.25, 0.3) is 6.08 Å². The Morgan fingerprint density at radius 3 is 2.81 bits per heavy atom. The molecular formula is C15H16F2N2O2. The summed E-state index contributed by atoms with van der Waals surface area (Å²) in [6, 6.07) is 7.26. The molecule has 0 spiro atoms. The Bertz CT molecular complexity index is 660. The van der Waals surface area contributed by atoms with Gasteiger partial charge in [-0.15, -0.1) is 0 Å². The minimum Gasteiger partial charge on any atom is -0.461 e. The maximum absolute atomic E-state index is 12.2. The Labute approximate surface area is 120 Å². The van der Waals surface area contributed by atoms with Crippen LogP contribution in [0, 0.1) is 0 Å². The van der Waals surface area contributed by atoms with Crippen molar-refractivity contribution < 1.29 is 18.3 Å². The standard InChI is InChI=1S/C15H16F2N2O2/c1-10(14(16)17)6-4-5-9-21-15(20)13-11-7-2-3-8-12(11)18-19-13/h2-3,7-8H,4-6,9H2,1H3,(H,18,19). The molecule has 0 bridgehead atoms. The second kappa shape index (κ2) is 6.97. The molecule has 0 saturated heterocycles. The maximum Gasteiger partial charge on any atom is 0.359 e. The number of benzene rings is 1. The lowest BCUT2D eigenvalue weighted by molar-refractivity contribution is 0.0493. The molecule has 4 nitrogen and oxygen atoms in total. The number of nitrogens with zero attached hydrogens (tertiary/aromatic N) is 1. The average Bonchev–Trinajstić information content (AvgIpc) is 2.90. The van der Waals surface area contributed by atoms with E-state index in [9.17, 15) is 13.6 Å². The van der Waals surface area contributed by atoms with Crippen LogP contribution >= 0.6 is 0 Å². The molecule has 21 heavy (non-hydrogen) atoms. The number of halogens is 2. The molecule has 0 aliphatic carbocycles. The fraction of sp³-hybridized carbons (Fsp3) is 0.333. The third-order valence-electron chi connectivity index (χ3n) is 3.17. The number of aromatic nitrogens is 2. The summed E-state index contributed by atoms with van der Waals surface area (Å²) in [5.41, 5.74) is 1.10. The van der Waals surface area contributed by atoms with Crippen LogP contribution in [0.3, 0.4) is 0 Å². The van der Waals surface area contributed by atoms with Crippen LogP contribution in [0.1, 0.15) is 36.7 Å². The van der Waals surface area contributed by atoms with E-state index in [1.165, 1.54) is 6.92 Å². The number of ether oxygens (including phenoxy) is 1. The number of allylic oxidation sites excluding steroid dienone is 1. The summed E-state index contributed by atoms with van der Waals surface area (Å²) in [5, 5.41) is 7.41. The van der Waals surface area contributed by atoms with Crippen molar-refractivity contribution in [3.63, 3.8) is 0 Å². The van der Waals surface area contributed by atoms with Gasteiger partial charge in [0.1, 0.15) is 0 Å². The lowest BCUT2D eigenvalue weighted by Crippen LogP contribution is -2.07. The first-order chi connectivity index (χ1) is 10.1. The Morgan fingerprint density at radius 2 is 2.05 bits per heavy atom. The van der Waals surface area contributed by atoms with E-state index in [1.54, 1.807) is 6.07 Å². The molecule has 6 heteroatoms. The van der Waals surface area contributed by atoms with Crippen LogP contribution in [-0.2, 0) is 4.74 Å². The van der Waals surface area contributed by atoms with Crippen molar-refractivity contribution in [2.24, 2.45) is 0 Å². The number of nitrogens with one attached hydrogen (secondary N) is 1. The second-order valence-corrected chi connectivity index (χ2v) is 4.75. The molecule has 2 rings (SSSR count). The van der Waals surface area contributed by atoms with Gasteiger partial charge in [-0.3, -0.25) is 5.10 Å². The Balaban J connectivity index is 1.82. The van der Waals surface area contributed by atoms with Crippen LogP contribution in [0.25, 0.3) is 10.9 Å². The topological polar surface area (TPSA) is 55.0 Å². The number of carbonyl (C=O) groups excluding carboxylic acids is 1. The number of aromatic amines is 1. The molecular weight excluding hydrogens is 278 g/mol. The Kier molecular flexibility index (Phi) is 5.03. The highest BCUT2D eigenvalue weighted by molar-refractivity contribution is 6.01. The minimum atomic E-state index is -1.63. The van der Waals surface area contributed by atoms with Gasteiger partial charge >= 0.3 is 5.97 Å². The largest absolute Gasteiger partial charge is 0.461 e. The number of fused-ring (bicyclic) bond motifs is 1. The third-order valence-corrected chi connectivity index (χ3v) is 3.17. The van der Waals surface area contributed by atoms with Crippen molar-refractivity contribution in [1.29, 1.82) is 0 Å². The summed E-state index contributed by atoms with van der Waals surface area (Å²) in [6.45, 7) is 1.60. The van der Waals surface area contributed by atoms with Crippen molar-refractivity contribution in [3.05, 3.63) is 41.6 Å². The summed E-state index contributed by atoms with van der Waals surface area (Å²) in [7, 11) is 0. The van der Waals surface area contributed by atoms with Crippen molar-refractivity contribution in [1.82, 2.24) is 10.2 Å². The number of H-pyrrole nitrogens is 1. The monoisotopic (exact) mass is 294 g/mol. The Morgan fingerprint density at radius 1 is 1.29 bits per heavy atom. The van der Waals surface area contributed by atoms with Gasteiger partial charge in [0.15, 0.2) is 5.69 Å². The minimum absolute atomic E-state index is 0.0830. The predicted molar refractivity (Wildman–Crippen MR) is 75.1 cm³/mol. The van der Waals surface area contributed by atoms with E-state index in [2.05, 4.69) is 10.2 Å². The lowest BCUT2D eigenvalue weighted by Gasteiger charge is -2.03. The quantitative estimate of drug-likeness (QED) is 0.645. The third kappa shape index (κ3) is 3.87. The summed E-state index contributed by atoms with van der Waals surface area (Å²) < 4.78 is 29.5. The average molecular weight is 294 g/mol. The first kappa shape index (κ1) is 15.2. The summed E-state index contributed by atoms with van der Waals surface area (Å²) in [6.07, 6.45) is -0.225. The molecule has 0 saturated carbocycles. The molecule has 1 N–H and O–H groups in total. The van der Waals surface area contributed by atoms with E-state index < -0.39 is 12.0 Å². The molecule has 0 unspecified atom stereocenters. The van der Waals surface area contributed by atoms with Crippen molar-refractivity contribution in [2.75, 3.05) is 6.61 Å². The van der Waals surface area contributed by atoms with Gasteiger partial charge in [-0.2, -0.15) is 13.9 Å². The van der Waals surface area contributed by atoms with Crippen molar-refractivity contribution in [2.45, 2.75) is 26.2 Å². The van der Waals surface area contributed by atoms with Gasteiger partial charge in [-0.25, -0.2) is 4.79 Å². The highest BCUT2D eigenvalue weighted by Gasteiger charge is 2.14. The van der Waals surface area contributed by atoms with Gasteiger partial charge in [0.05, 0.1) is 12.1 Å². The van der Waals surface area contributed by atoms with E-state index >= 15 is 0 Å². The van der Waals surface area contributed by atoms with Gasteiger partial charge < -0.3 is 4.74 Å². The zero-order chi connectivity index (χ0) is 15.2. The Hall–Kier alpha value is -2.24. The van der Waals surface area contributed by atoms with E-state index in [1.807, 2.05) is 18.2 Å². The number of esters is 1. The van der Waals surface area contributed by atoms with E-state index in [4.69, 9.17) is 4.74 Å². The zero-order valence-corrected chi connectivity index (χ0v) is 11.7. The van der Waals surface area contributed by atoms with E-state index in [0.29, 0.717) is 24.6 Å². The summed E-state index contributed by atoms with van der Waals surface area (Å²) in [4.78, 5) is 11.9. The van der Waals surface area contributed by atoms with Gasteiger partial charge in [0, 0.05) is 5.39 Å². The molecule has 0 radical (unpaired) electrons. The predicted octanol–water partition coefficient (Wildman–Crippen LogP) is 4.06. The van der Waals surface area contributed by atoms with Crippen LogP contribution in [-0.4, -0.2) is 22.8 Å². The van der Waals surface area contributed by atoms with Crippen LogP contribution in [0.4, 0.5) is 8.78 Å². The first-order valence-corrected chi connectivity index (χ1v) is 6.70. The highest BCUT2D eigenvalue weighted by atomic mass is 19.3. The van der Waals surface area contributed by atoms with Gasteiger partial charge in [0.2, 0.25) is 0 Å². The molecule has 1 aromatic carbocycles. The fourth-order valence-electron chi connectivity index (χ4n) is 1.94. The van der Waals surface area contributed by atoms with Gasteiger partial charge in [-0.05, 0) is 37.8 Å². The fourth-order valence-corrected chi connectivity index (χ4v) is 1.94. The molecule has 1 aromatic heterocycles. The lowest BCUT2D eigenvalue weighted by atomic mass is 10.1. The number of unbranched alkanes of at least 4 members (excludes halogenated alkanes) is 1. The van der Waals surface area contributed by atoms with Crippen LogP contribution in [0.15, 0.2) is 35.9 Å². The molecule has 0 aliphatic rings. The number of carbonyl (C=O) groups is 1. The first-order valence-electron chi connectivity index (χ1n) is 6.70. The number of rotatable bonds is 6. The van der Waals surface area contributed by atoms with Crippen molar-refractivity contribution in [3.8, 4) is 0 Å². The molecule has 2 aromatic rings. The number of hydrogen-bond acceptors (Lipinski definition) is 3. The normalized spacial score (nSPS) is 10.6. The van der Waals surface area contributed by atoms with E-state index in [-0.39, 0.29) is 17.9 Å². The van der Waals surface area contributed by atoms with Crippen LogP contribution < -0.4 is 0 Å². The number of hydrogen-bond donors (Lipinski definition) is 1. The highest BCUT2D eigenvalue weighted by Crippen LogP contribution is 2.17. The number of para-hydroxylation sites is 1. The summed E-state index contributed by atoms with van der Waals surface area (Å²) >= 11 is 0. The van der Waals surface area contributed by atoms with E-state index in [0.717, 1.165) is 5.52 Å². The smallest absolute Gasteiger partial charge is 0.359 e. The molecule has 0 amide bonds. The SMILES string of the molecule is CC(CCCCOC(=O)c1n[nH]c2ccccc12)=C(F)F. The van der Waals surface area contributed by atoms with Crippen LogP contribution in [0.2, 0.25) is 0 Å². The zero-order valence-electron chi connectivity index (χ0n) is 11.7. The molecule has 0 atom stereocenters. The van der Waals surface area contributed by atoms with Crippen LogP contribution in [0.5, 0.6) is 0 Å². The van der Waals surface area contributed by atoms with Crippen molar-refractivity contribution >= 4 is 16.9 Å². The van der Waals surface area contributed by atoms with Gasteiger partial charge in [-0.1, -0.05) is 18.2 Å². The molecule has 1 heterocycles. The molecule has 112 valence electrons. The molecule has 0 aliphatic heterocycles.